The van der Waals surface area contributed by atoms with Gasteiger partial charge in [-0.3, -0.25) is 5.43 Å². The lowest BCUT2D eigenvalue weighted by atomic mass is 9.99. The molecule has 2 heterocycles. The van der Waals surface area contributed by atoms with Crippen molar-refractivity contribution in [3.63, 3.8) is 0 Å². The molecule has 2 unspecified atom stereocenters. The second-order valence-corrected chi connectivity index (χ2v) is 5.87. The highest BCUT2D eigenvalue weighted by molar-refractivity contribution is 4.81. The van der Waals surface area contributed by atoms with Gasteiger partial charge in [0.25, 0.3) is 0 Å². The summed E-state index contributed by atoms with van der Waals surface area (Å²) in [5.41, 5.74) is 3.81. The van der Waals surface area contributed by atoms with Crippen LogP contribution < -0.4 is 5.43 Å². The molecule has 0 aromatic rings. The molecule has 0 aromatic carbocycles. The lowest BCUT2D eigenvalue weighted by Crippen LogP contribution is -2.57. The van der Waals surface area contributed by atoms with Crippen LogP contribution in [-0.4, -0.2) is 47.7 Å². The van der Waals surface area contributed by atoms with Gasteiger partial charge < -0.3 is 4.90 Å². The van der Waals surface area contributed by atoms with Gasteiger partial charge in [0.1, 0.15) is 0 Å². The summed E-state index contributed by atoms with van der Waals surface area (Å²) >= 11 is 0. The Morgan fingerprint density at radius 3 is 2.12 bits per heavy atom. The summed E-state index contributed by atoms with van der Waals surface area (Å²) in [5.74, 6) is 0. The minimum Gasteiger partial charge on any atom is -0.303 e. The number of hydrazine groups is 1. The van der Waals surface area contributed by atoms with Gasteiger partial charge in [-0.05, 0) is 59.2 Å². The summed E-state index contributed by atoms with van der Waals surface area (Å²) in [6.07, 6.45) is 6.72. The van der Waals surface area contributed by atoms with E-state index in [1.165, 1.54) is 51.7 Å². The second kappa shape index (κ2) is 6.17. The van der Waals surface area contributed by atoms with Crippen molar-refractivity contribution in [3.8, 4) is 0 Å². The Balaban J connectivity index is 1.80. The zero-order chi connectivity index (χ0) is 12.3. The summed E-state index contributed by atoms with van der Waals surface area (Å²) in [4.78, 5) is 2.56. The molecule has 100 valence electrons. The number of piperidine rings is 2. The zero-order valence-electron chi connectivity index (χ0n) is 11.8. The molecule has 0 saturated carbocycles. The monoisotopic (exact) mass is 239 g/mol. The van der Waals surface area contributed by atoms with Gasteiger partial charge in [-0.15, -0.1) is 0 Å². The maximum Gasteiger partial charge on any atom is 0.0239 e. The SMILES string of the molecule is CCN1CCC(NN2C(C)CCCC2C)CC1. The first-order valence-electron chi connectivity index (χ1n) is 7.47. The molecule has 2 rings (SSSR count). The number of nitrogens with zero attached hydrogens (tertiary/aromatic N) is 2. The smallest absolute Gasteiger partial charge is 0.0239 e. The highest BCUT2D eigenvalue weighted by atomic mass is 15.5. The van der Waals surface area contributed by atoms with Crippen LogP contribution in [0.4, 0.5) is 0 Å². The van der Waals surface area contributed by atoms with E-state index in [9.17, 15) is 0 Å². The van der Waals surface area contributed by atoms with Gasteiger partial charge in [0.05, 0.1) is 0 Å². The first-order valence-corrected chi connectivity index (χ1v) is 7.47. The third kappa shape index (κ3) is 3.43. The van der Waals surface area contributed by atoms with Crippen LogP contribution in [0, 0.1) is 0 Å². The number of nitrogens with one attached hydrogen (secondary N) is 1. The van der Waals surface area contributed by atoms with Gasteiger partial charge in [0.2, 0.25) is 0 Å². The number of likely N-dealkylation sites (tertiary alicyclic amines) is 1. The molecule has 0 radical (unpaired) electrons. The third-order valence-corrected chi connectivity index (χ3v) is 4.56. The molecule has 2 fully saturated rings. The third-order valence-electron chi connectivity index (χ3n) is 4.56. The highest BCUT2D eigenvalue weighted by Crippen LogP contribution is 2.22. The van der Waals surface area contributed by atoms with Crippen molar-refractivity contribution in [2.75, 3.05) is 19.6 Å². The molecule has 0 bridgehead atoms. The zero-order valence-corrected chi connectivity index (χ0v) is 11.8. The van der Waals surface area contributed by atoms with E-state index in [4.69, 9.17) is 0 Å². The molecule has 0 spiro atoms. The van der Waals surface area contributed by atoms with Gasteiger partial charge in [-0.25, -0.2) is 5.01 Å². The molecule has 2 saturated heterocycles. The predicted octanol–water partition coefficient (Wildman–Crippen LogP) is 2.24. The fourth-order valence-corrected chi connectivity index (χ4v) is 3.26. The second-order valence-electron chi connectivity index (χ2n) is 5.87. The van der Waals surface area contributed by atoms with E-state index in [0.29, 0.717) is 18.1 Å². The maximum absolute atomic E-state index is 3.81. The van der Waals surface area contributed by atoms with Crippen LogP contribution in [0.15, 0.2) is 0 Å². The summed E-state index contributed by atoms with van der Waals surface area (Å²) in [6.45, 7) is 10.7. The molecule has 0 aliphatic carbocycles. The molecular formula is C14H29N3. The number of hydrogen-bond acceptors (Lipinski definition) is 3. The van der Waals surface area contributed by atoms with Gasteiger partial charge in [-0.2, -0.15) is 0 Å². The molecule has 0 aromatic heterocycles. The summed E-state index contributed by atoms with van der Waals surface area (Å²) in [5, 5.41) is 2.54. The van der Waals surface area contributed by atoms with E-state index in [0.717, 1.165) is 0 Å². The van der Waals surface area contributed by atoms with E-state index in [1.54, 1.807) is 0 Å². The minimum atomic E-state index is 0.709. The van der Waals surface area contributed by atoms with Crippen molar-refractivity contribution in [1.82, 2.24) is 15.3 Å². The standard InChI is InChI=1S/C14H29N3/c1-4-16-10-8-14(9-11-16)15-17-12(2)6-5-7-13(17)3/h12-15H,4-11H2,1-3H3. The van der Waals surface area contributed by atoms with Crippen molar-refractivity contribution in [1.29, 1.82) is 0 Å². The molecular weight excluding hydrogens is 210 g/mol. The lowest BCUT2D eigenvalue weighted by Gasteiger charge is -2.43. The Kier molecular flexibility index (Phi) is 4.83. The molecule has 3 heteroatoms. The molecule has 3 nitrogen and oxygen atoms in total. The Labute approximate surface area is 107 Å². The van der Waals surface area contributed by atoms with Gasteiger partial charge >= 0.3 is 0 Å². The fourth-order valence-electron chi connectivity index (χ4n) is 3.26. The van der Waals surface area contributed by atoms with E-state index in [1.807, 2.05) is 0 Å². The summed E-state index contributed by atoms with van der Waals surface area (Å²) in [7, 11) is 0. The van der Waals surface area contributed by atoms with E-state index in [2.05, 4.69) is 36.1 Å². The van der Waals surface area contributed by atoms with Crippen LogP contribution in [-0.2, 0) is 0 Å². The van der Waals surface area contributed by atoms with Crippen LogP contribution in [0.5, 0.6) is 0 Å². The highest BCUT2D eigenvalue weighted by Gasteiger charge is 2.28. The van der Waals surface area contributed by atoms with E-state index in [-0.39, 0.29) is 0 Å². The Morgan fingerprint density at radius 1 is 1.00 bits per heavy atom. The average molecular weight is 239 g/mol. The molecule has 2 atom stereocenters. The minimum absolute atomic E-state index is 0.709. The van der Waals surface area contributed by atoms with Crippen molar-refractivity contribution in [2.45, 2.75) is 71.0 Å². The van der Waals surface area contributed by atoms with Crippen LogP contribution >= 0.6 is 0 Å². The largest absolute Gasteiger partial charge is 0.303 e. The van der Waals surface area contributed by atoms with E-state index >= 15 is 0 Å². The van der Waals surface area contributed by atoms with Crippen molar-refractivity contribution < 1.29 is 0 Å². The molecule has 2 aliphatic heterocycles. The molecule has 0 amide bonds. The predicted molar refractivity (Wildman–Crippen MR) is 72.9 cm³/mol. The number of hydrogen-bond donors (Lipinski definition) is 1. The topological polar surface area (TPSA) is 18.5 Å². The quantitative estimate of drug-likeness (QED) is 0.815. The van der Waals surface area contributed by atoms with E-state index < -0.39 is 0 Å². The van der Waals surface area contributed by atoms with Crippen LogP contribution in [0.2, 0.25) is 0 Å². The van der Waals surface area contributed by atoms with Crippen LogP contribution in [0.25, 0.3) is 0 Å². The Bertz CT molecular complexity index is 214. The maximum atomic E-state index is 3.81. The molecule has 1 N–H and O–H groups in total. The first-order chi connectivity index (χ1) is 8.20. The normalized spacial score (nSPS) is 34.1. The van der Waals surface area contributed by atoms with Crippen molar-refractivity contribution in [3.05, 3.63) is 0 Å². The fraction of sp³-hybridized carbons (Fsp3) is 1.00. The van der Waals surface area contributed by atoms with Gasteiger partial charge in [0.15, 0.2) is 0 Å². The van der Waals surface area contributed by atoms with Gasteiger partial charge in [0, 0.05) is 18.1 Å². The van der Waals surface area contributed by atoms with Crippen molar-refractivity contribution in [2.24, 2.45) is 0 Å². The van der Waals surface area contributed by atoms with Gasteiger partial charge in [-0.1, -0.05) is 13.3 Å². The Morgan fingerprint density at radius 2 is 1.59 bits per heavy atom. The first kappa shape index (κ1) is 13.3. The molecule has 17 heavy (non-hydrogen) atoms. The van der Waals surface area contributed by atoms with Crippen LogP contribution in [0.1, 0.15) is 52.9 Å². The number of rotatable bonds is 3. The summed E-state index contributed by atoms with van der Waals surface area (Å²) in [6, 6.07) is 2.13. The average Bonchev–Trinajstić information content (AvgIpc) is 2.35. The molecule has 2 aliphatic rings. The van der Waals surface area contributed by atoms with Crippen molar-refractivity contribution >= 4 is 0 Å². The Hall–Kier alpha value is -0.120. The van der Waals surface area contributed by atoms with Crippen LogP contribution in [0.3, 0.4) is 0 Å². The summed E-state index contributed by atoms with van der Waals surface area (Å²) < 4.78 is 0. The lowest BCUT2D eigenvalue weighted by molar-refractivity contribution is 0.0167.